The van der Waals surface area contributed by atoms with Gasteiger partial charge in [-0.15, -0.1) is 0 Å². The number of likely N-dealkylation sites (tertiary alicyclic amines) is 2. The molecule has 246 valence electrons. The fraction of sp³-hybridized carbons (Fsp3) is 0.513. The van der Waals surface area contributed by atoms with Crippen LogP contribution in [-0.4, -0.2) is 71.8 Å². The number of rotatable bonds is 14. The number of ether oxygens (including phenoxy) is 3. The second kappa shape index (κ2) is 14.9. The maximum Gasteiger partial charge on any atom is 0.150 e. The number of unbranched alkanes of at least 4 members (excludes halogenated alkanes) is 1. The van der Waals surface area contributed by atoms with Crippen molar-refractivity contribution >= 4 is 11.0 Å². The van der Waals surface area contributed by atoms with Crippen LogP contribution in [-0.2, 0) is 12.0 Å². The van der Waals surface area contributed by atoms with Crippen molar-refractivity contribution in [1.29, 1.82) is 0 Å². The van der Waals surface area contributed by atoms with Gasteiger partial charge in [0.1, 0.15) is 41.8 Å². The molecular formula is C39H52N4O3. The lowest BCUT2D eigenvalue weighted by molar-refractivity contribution is 0.231. The highest BCUT2D eigenvalue weighted by Gasteiger charge is 2.20. The minimum Gasteiger partial charge on any atom is -0.492 e. The van der Waals surface area contributed by atoms with Crippen LogP contribution in [0, 0.1) is 0 Å². The number of imidazole rings is 1. The summed E-state index contributed by atoms with van der Waals surface area (Å²) in [7, 11) is 0. The van der Waals surface area contributed by atoms with E-state index in [1.165, 1.54) is 44.3 Å². The van der Waals surface area contributed by atoms with Crippen LogP contribution in [0.4, 0.5) is 0 Å². The zero-order chi connectivity index (χ0) is 31.9. The van der Waals surface area contributed by atoms with Gasteiger partial charge in [0.25, 0.3) is 0 Å². The molecule has 46 heavy (non-hydrogen) atoms. The number of hydrogen-bond acceptors (Lipinski definition) is 6. The zero-order valence-electron chi connectivity index (χ0n) is 28.4. The lowest BCUT2D eigenvalue weighted by Crippen LogP contribution is -2.25. The Balaban J connectivity index is 1.30. The van der Waals surface area contributed by atoms with Gasteiger partial charge in [0, 0.05) is 37.3 Å². The Morgan fingerprint density at radius 2 is 1.39 bits per heavy atom. The van der Waals surface area contributed by atoms with E-state index in [9.17, 15) is 0 Å². The molecule has 7 heteroatoms. The standard InChI is InChI=1S/C39H52N4O3/c1-5-6-22-43-35-28-34(44-25-23-41-18-7-8-19-41)29-36(45-26-24-42-20-9-10-21-42)37(35)40-38(43)30-12-11-13-33(27-30)46-32-16-14-31(15-17-32)39(2,3)4/h11-17,27-29H,5-10,18-26H2,1-4H3. The third-order valence-corrected chi connectivity index (χ3v) is 9.31. The molecule has 7 nitrogen and oxygen atoms in total. The highest BCUT2D eigenvalue weighted by molar-refractivity contribution is 5.87. The third kappa shape index (κ3) is 8.05. The van der Waals surface area contributed by atoms with Crippen LogP contribution in [0.1, 0.15) is 71.8 Å². The van der Waals surface area contributed by atoms with Crippen molar-refractivity contribution in [2.75, 3.05) is 52.5 Å². The van der Waals surface area contributed by atoms with Crippen LogP contribution >= 0.6 is 0 Å². The van der Waals surface area contributed by atoms with Crippen molar-refractivity contribution in [1.82, 2.24) is 19.4 Å². The van der Waals surface area contributed by atoms with Crippen molar-refractivity contribution < 1.29 is 14.2 Å². The number of nitrogens with zero attached hydrogens (tertiary/aromatic N) is 4. The molecule has 4 aromatic rings. The van der Waals surface area contributed by atoms with Gasteiger partial charge in [0.2, 0.25) is 0 Å². The van der Waals surface area contributed by atoms with E-state index >= 15 is 0 Å². The molecule has 0 atom stereocenters. The first-order valence-corrected chi connectivity index (χ1v) is 17.5. The monoisotopic (exact) mass is 624 g/mol. The van der Waals surface area contributed by atoms with Crippen LogP contribution in [0.15, 0.2) is 60.7 Å². The molecule has 2 fully saturated rings. The first-order chi connectivity index (χ1) is 22.4. The molecule has 0 spiro atoms. The molecule has 3 heterocycles. The molecular weight excluding hydrogens is 572 g/mol. The molecule has 6 rings (SSSR count). The van der Waals surface area contributed by atoms with Gasteiger partial charge in [-0.05, 0) is 93.5 Å². The predicted octanol–water partition coefficient (Wildman–Crippen LogP) is 8.54. The van der Waals surface area contributed by atoms with Crippen LogP contribution in [0.3, 0.4) is 0 Å². The molecule has 2 aliphatic rings. The van der Waals surface area contributed by atoms with E-state index in [2.05, 4.69) is 96.7 Å². The minimum absolute atomic E-state index is 0.103. The summed E-state index contributed by atoms with van der Waals surface area (Å²) in [5.41, 5.74) is 4.36. The number of aryl methyl sites for hydroxylation is 1. The molecule has 0 N–H and O–H groups in total. The van der Waals surface area contributed by atoms with Crippen molar-refractivity contribution in [2.45, 2.75) is 78.2 Å². The molecule has 0 saturated carbocycles. The van der Waals surface area contributed by atoms with Crippen molar-refractivity contribution in [2.24, 2.45) is 0 Å². The summed E-state index contributed by atoms with van der Waals surface area (Å²) in [6.07, 6.45) is 7.28. The molecule has 0 amide bonds. The normalized spacial score (nSPS) is 16.0. The van der Waals surface area contributed by atoms with Crippen LogP contribution in [0.5, 0.6) is 23.0 Å². The first kappa shape index (κ1) is 32.4. The molecule has 0 unspecified atom stereocenters. The summed E-state index contributed by atoms with van der Waals surface area (Å²) in [4.78, 5) is 10.2. The summed E-state index contributed by atoms with van der Waals surface area (Å²) in [6.45, 7) is 17.6. The lowest BCUT2D eigenvalue weighted by atomic mass is 9.87. The Hall–Kier alpha value is -3.55. The van der Waals surface area contributed by atoms with Gasteiger partial charge in [-0.1, -0.05) is 58.4 Å². The number of fused-ring (bicyclic) bond motifs is 1. The number of aromatic nitrogens is 2. The average molecular weight is 625 g/mol. The van der Waals surface area contributed by atoms with Gasteiger partial charge in [0.05, 0.1) is 5.52 Å². The molecule has 0 aliphatic carbocycles. The molecule has 1 aromatic heterocycles. The maximum atomic E-state index is 6.51. The topological polar surface area (TPSA) is 52.0 Å². The van der Waals surface area contributed by atoms with Crippen LogP contribution in [0.2, 0.25) is 0 Å². The Kier molecular flexibility index (Phi) is 10.5. The zero-order valence-corrected chi connectivity index (χ0v) is 28.4. The lowest BCUT2D eigenvalue weighted by Gasteiger charge is -2.19. The summed E-state index contributed by atoms with van der Waals surface area (Å²) in [5, 5.41) is 0. The van der Waals surface area contributed by atoms with E-state index in [1.807, 2.05) is 6.07 Å². The summed E-state index contributed by atoms with van der Waals surface area (Å²) in [5.74, 6) is 4.20. The second-order valence-electron chi connectivity index (χ2n) is 13.9. The number of benzene rings is 3. The van der Waals surface area contributed by atoms with Crippen molar-refractivity contribution in [3.63, 3.8) is 0 Å². The van der Waals surface area contributed by atoms with Gasteiger partial charge in [-0.3, -0.25) is 9.80 Å². The average Bonchev–Trinajstić information content (AvgIpc) is 3.82. The third-order valence-electron chi connectivity index (χ3n) is 9.31. The highest BCUT2D eigenvalue weighted by Crippen LogP contribution is 2.36. The fourth-order valence-electron chi connectivity index (χ4n) is 6.57. The molecule has 3 aromatic carbocycles. The first-order valence-electron chi connectivity index (χ1n) is 17.5. The Morgan fingerprint density at radius 3 is 2.04 bits per heavy atom. The van der Waals surface area contributed by atoms with E-state index in [-0.39, 0.29) is 5.41 Å². The maximum absolute atomic E-state index is 6.51. The van der Waals surface area contributed by atoms with E-state index in [0.29, 0.717) is 13.2 Å². The van der Waals surface area contributed by atoms with E-state index in [1.54, 1.807) is 0 Å². The molecule has 0 bridgehead atoms. The van der Waals surface area contributed by atoms with Gasteiger partial charge in [-0.2, -0.15) is 0 Å². The quantitative estimate of drug-likeness (QED) is 0.140. The highest BCUT2D eigenvalue weighted by atomic mass is 16.5. The Morgan fingerprint density at radius 1 is 0.717 bits per heavy atom. The SMILES string of the molecule is CCCCn1c(-c2cccc(Oc3ccc(C(C)(C)C)cc3)c2)nc2c(OCCN3CCCC3)cc(OCCN3CCCC3)cc21. The predicted molar refractivity (Wildman–Crippen MR) is 188 cm³/mol. The minimum atomic E-state index is 0.103. The van der Waals surface area contributed by atoms with Crippen molar-refractivity contribution in [3.05, 3.63) is 66.2 Å². The summed E-state index contributed by atoms with van der Waals surface area (Å²) < 4.78 is 21.6. The Bertz CT molecular complexity index is 1560. The van der Waals surface area contributed by atoms with Crippen LogP contribution < -0.4 is 14.2 Å². The number of hydrogen-bond donors (Lipinski definition) is 0. The van der Waals surface area contributed by atoms with Gasteiger partial charge in [-0.25, -0.2) is 4.98 Å². The summed E-state index contributed by atoms with van der Waals surface area (Å²) in [6, 6.07) is 20.9. The van der Waals surface area contributed by atoms with E-state index in [0.717, 1.165) is 91.0 Å². The van der Waals surface area contributed by atoms with Crippen LogP contribution in [0.25, 0.3) is 22.4 Å². The van der Waals surface area contributed by atoms with E-state index < -0.39 is 0 Å². The smallest absolute Gasteiger partial charge is 0.150 e. The van der Waals surface area contributed by atoms with Gasteiger partial charge < -0.3 is 18.8 Å². The van der Waals surface area contributed by atoms with Gasteiger partial charge >= 0.3 is 0 Å². The molecule has 2 saturated heterocycles. The van der Waals surface area contributed by atoms with Crippen molar-refractivity contribution in [3.8, 4) is 34.4 Å². The fourth-order valence-corrected chi connectivity index (χ4v) is 6.57. The van der Waals surface area contributed by atoms with Gasteiger partial charge in [0.15, 0.2) is 5.75 Å². The van der Waals surface area contributed by atoms with E-state index in [4.69, 9.17) is 19.2 Å². The second-order valence-corrected chi connectivity index (χ2v) is 13.9. The molecule has 2 aliphatic heterocycles. The molecule has 0 radical (unpaired) electrons. The summed E-state index contributed by atoms with van der Waals surface area (Å²) >= 11 is 0. The Labute approximate surface area is 275 Å². The largest absolute Gasteiger partial charge is 0.492 e.